The van der Waals surface area contributed by atoms with Gasteiger partial charge in [0, 0.05) is 12.2 Å². The third-order valence-corrected chi connectivity index (χ3v) is 2.84. The van der Waals surface area contributed by atoms with Crippen molar-refractivity contribution in [3.63, 3.8) is 0 Å². The summed E-state index contributed by atoms with van der Waals surface area (Å²) < 4.78 is 24.6. The molecular weight excluding hydrogens is 243 g/mol. The second kappa shape index (κ2) is 7.83. The molecule has 1 amide bonds. The van der Waals surface area contributed by atoms with Crippen LogP contribution in [0.15, 0.2) is 37.1 Å². The lowest BCUT2D eigenvalue weighted by molar-refractivity contribution is 0.261. The highest BCUT2D eigenvalue weighted by Gasteiger charge is 2.19. The lowest BCUT2D eigenvalue weighted by Crippen LogP contribution is -2.38. The number of amides is 1. The lowest BCUT2D eigenvalue weighted by Gasteiger charge is -2.06. The molecule has 0 bridgehead atoms. The van der Waals surface area contributed by atoms with Crippen molar-refractivity contribution in [2.45, 2.75) is 0 Å². The topological polar surface area (TPSA) is 95.5 Å². The summed E-state index contributed by atoms with van der Waals surface area (Å²) in [6, 6.07) is 0. The zero-order valence-electron chi connectivity index (χ0n) is 9.35. The van der Waals surface area contributed by atoms with E-state index in [2.05, 4.69) is 23.2 Å². The van der Waals surface area contributed by atoms with Crippen molar-refractivity contribution in [1.82, 2.24) is 10.0 Å². The largest absolute Gasteiger partial charge is 0.398 e. The standard InChI is InChI=1S/C9H15BN2O4S/c1-3-5-8(4-2)12-9(14)10-17(15,16)11-6-7-13/h3-5,10-11,13H,1-2,6-7H2,(H,12,14)/b8-5+. The first-order valence-electron chi connectivity index (χ1n) is 4.78. The average molecular weight is 258 g/mol. The molecule has 0 aromatic rings. The van der Waals surface area contributed by atoms with Crippen molar-refractivity contribution < 1.29 is 18.3 Å². The van der Waals surface area contributed by atoms with Crippen molar-refractivity contribution >= 4 is 22.2 Å². The van der Waals surface area contributed by atoms with Gasteiger partial charge in [0.2, 0.25) is 0 Å². The van der Waals surface area contributed by atoms with Crippen molar-refractivity contribution in [2.75, 3.05) is 13.2 Å². The Bertz CT molecular complexity index is 417. The van der Waals surface area contributed by atoms with Crippen LogP contribution in [0.2, 0.25) is 0 Å². The monoisotopic (exact) mass is 258 g/mol. The molecule has 6 nitrogen and oxygen atoms in total. The Morgan fingerprint density at radius 1 is 1.41 bits per heavy atom. The van der Waals surface area contributed by atoms with E-state index < -0.39 is 22.2 Å². The molecule has 0 atom stereocenters. The van der Waals surface area contributed by atoms with Gasteiger partial charge in [-0.1, -0.05) is 19.2 Å². The Balaban J connectivity index is 4.40. The molecule has 0 heterocycles. The maximum Gasteiger partial charge on any atom is 0.398 e. The van der Waals surface area contributed by atoms with Crippen LogP contribution < -0.4 is 10.0 Å². The fourth-order valence-electron chi connectivity index (χ4n) is 0.910. The molecule has 0 aliphatic carbocycles. The second-order valence-electron chi connectivity index (χ2n) is 2.99. The first kappa shape index (κ1) is 15.6. The van der Waals surface area contributed by atoms with Crippen molar-refractivity contribution in [2.24, 2.45) is 0 Å². The van der Waals surface area contributed by atoms with E-state index in [1.165, 1.54) is 18.2 Å². The second-order valence-corrected chi connectivity index (χ2v) is 4.79. The highest BCUT2D eigenvalue weighted by atomic mass is 32.2. The normalized spacial score (nSPS) is 11.7. The zero-order chi connectivity index (χ0) is 13.3. The van der Waals surface area contributed by atoms with Gasteiger partial charge in [-0.3, -0.25) is 4.79 Å². The van der Waals surface area contributed by atoms with Gasteiger partial charge in [0.1, 0.15) is 0 Å². The molecule has 0 saturated heterocycles. The minimum Gasteiger partial charge on any atom is -0.395 e. The number of hydrogen-bond acceptors (Lipinski definition) is 4. The van der Waals surface area contributed by atoms with E-state index in [1.807, 2.05) is 0 Å². The third-order valence-electron chi connectivity index (χ3n) is 1.56. The van der Waals surface area contributed by atoms with Crippen LogP contribution in [0.5, 0.6) is 0 Å². The summed E-state index contributed by atoms with van der Waals surface area (Å²) in [5.74, 6) is -0.691. The van der Waals surface area contributed by atoms with Gasteiger partial charge in [0.15, 0.2) is 15.7 Å². The number of carbonyl (C=O) groups is 1. The van der Waals surface area contributed by atoms with Crippen LogP contribution in [0.4, 0.5) is 4.79 Å². The Labute approximate surface area is 101 Å². The van der Waals surface area contributed by atoms with Gasteiger partial charge in [0.05, 0.1) is 6.61 Å². The van der Waals surface area contributed by atoms with Crippen LogP contribution >= 0.6 is 0 Å². The van der Waals surface area contributed by atoms with E-state index in [4.69, 9.17) is 5.11 Å². The molecule has 3 N–H and O–H groups in total. The molecule has 0 aromatic carbocycles. The van der Waals surface area contributed by atoms with Crippen molar-refractivity contribution in [3.8, 4) is 0 Å². The molecule has 0 aliphatic heterocycles. The Morgan fingerprint density at radius 3 is 2.53 bits per heavy atom. The van der Waals surface area contributed by atoms with Gasteiger partial charge >= 0.3 is 6.56 Å². The van der Waals surface area contributed by atoms with E-state index >= 15 is 0 Å². The Morgan fingerprint density at radius 2 is 2.06 bits per heavy atom. The minimum atomic E-state index is -3.72. The van der Waals surface area contributed by atoms with E-state index in [-0.39, 0.29) is 13.2 Å². The van der Waals surface area contributed by atoms with E-state index in [1.54, 1.807) is 0 Å². The summed E-state index contributed by atoms with van der Waals surface area (Å²) in [6.07, 6.45) is 4.29. The molecule has 0 fully saturated rings. The summed E-state index contributed by atoms with van der Waals surface area (Å²) in [5, 5.41) is 10.8. The number of carbonyl (C=O) groups excluding carboxylic acids is 1. The van der Waals surface area contributed by atoms with Crippen LogP contribution in [-0.2, 0) is 9.87 Å². The highest BCUT2D eigenvalue weighted by Crippen LogP contribution is 1.92. The maximum atomic E-state index is 11.4. The van der Waals surface area contributed by atoms with E-state index in [0.717, 1.165) is 0 Å². The highest BCUT2D eigenvalue weighted by molar-refractivity contribution is 8.16. The molecule has 8 heteroatoms. The lowest BCUT2D eigenvalue weighted by atomic mass is 10.1. The first-order chi connectivity index (χ1) is 7.95. The van der Waals surface area contributed by atoms with Crippen LogP contribution in [0.3, 0.4) is 0 Å². The van der Waals surface area contributed by atoms with Gasteiger partial charge in [-0.2, -0.15) is 0 Å². The molecule has 0 saturated carbocycles. The number of aliphatic hydroxyl groups is 1. The summed E-state index contributed by atoms with van der Waals surface area (Å²) in [5.41, 5.74) is 0.363. The van der Waals surface area contributed by atoms with Crippen LogP contribution in [-0.4, -0.2) is 39.0 Å². The number of nitrogens with one attached hydrogen (secondary N) is 2. The average Bonchev–Trinajstić information content (AvgIpc) is 2.25. The van der Waals surface area contributed by atoms with Crippen molar-refractivity contribution in [3.05, 3.63) is 37.1 Å². The van der Waals surface area contributed by atoms with Crippen LogP contribution in [0.25, 0.3) is 0 Å². The van der Waals surface area contributed by atoms with Crippen molar-refractivity contribution in [1.29, 1.82) is 0 Å². The number of rotatable bonds is 8. The minimum absolute atomic E-state index is 0.119. The number of allylic oxidation sites excluding steroid dienone is 3. The van der Waals surface area contributed by atoms with E-state index in [0.29, 0.717) is 5.70 Å². The van der Waals surface area contributed by atoms with Gasteiger partial charge < -0.3 is 10.4 Å². The molecule has 0 aromatic heterocycles. The first-order valence-corrected chi connectivity index (χ1v) is 6.43. The smallest absolute Gasteiger partial charge is 0.395 e. The predicted octanol–water partition coefficient (Wildman–Crippen LogP) is -0.785. The molecular formula is C9H15BN2O4S. The van der Waals surface area contributed by atoms with Crippen LogP contribution in [0.1, 0.15) is 0 Å². The van der Waals surface area contributed by atoms with Gasteiger partial charge in [0.25, 0.3) is 0 Å². The molecule has 94 valence electrons. The molecule has 0 aliphatic rings. The fourth-order valence-corrected chi connectivity index (χ4v) is 1.83. The fraction of sp³-hybridized carbons (Fsp3) is 0.222. The molecule has 0 rings (SSSR count). The SMILES string of the molecule is C=C/C=C(\C=C)NC(=O)BS(=O)(=O)NCCO. The Kier molecular flexibility index (Phi) is 7.19. The predicted molar refractivity (Wildman–Crippen MR) is 68.2 cm³/mol. The summed E-state index contributed by atoms with van der Waals surface area (Å²) in [4.78, 5) is 11.4. The van der Waals surface area contributed by atoms with Crippen LogP contribution in [0, 0.1) is 0 Å². The molecule has 0 unspecified atom stereocenters. The maximum absolute atomic E-state index is 11.4. The zero-order valence-corrected chi connectivity index (χ0v) is 10.2. The molecule has 0 radical (unpaired) electrons. The summed E-state index contributed by atoms with van der Waals surface area (Å²) >= 11 is 0. The molecule has 17 heavy (non-hydrogen) atoms. The number of aliphatic hydroxyl groups excluding tert-OH is 1. The summed E-state index contributed by atoms with van der Waals surface area (Å²) in [6.45, 7) is 5.73. The number of hydrogen-bond donors (Lipinski definition) is 3. The molecule has 0 spiro atoms. The Hall–Kier alpha value is -1.38. The third kappa shape index (κ3) is 7.50. The van der Waals surface area contributed by atoms with E-state index in [9.17, 15) is 13.2 Å². The van der Waals surface area contributed by atoms with Gasteiger partial charge in [-0.15, -0.1) is 0 Å². The quantitative estimate of drug-likeness (QED) is 0.393. The van der Waals surface area contributed by atoms with Gasteiger partial charge in [-0.05, 0) is 12.2 Å². The summed E-state index contributed by atoms with van der Waals surface area (Å²) in [7, 11) is -3.72. The van der Waals surface area contributed by atoms with Gasteiger partial charge in [-0.25, -0.2) is 13.1 Å².